The van der Waals surface area contributed by atoms with Gasteiger partial charge in [-0.25, -0.2) is 4.98 Å². The zero-order valence-electron chi connectivity index (χ0n) is 5.94. The fourth-order valence-corrected chi connectivity index (χ4v) is 0.706. The number of hydrogen-bond acceptors (Lipinski definition) is 4. The number of carbonyl (C=O) groups is 1. The van der Waals surface area contributed by atoms with Crippen LogP contribution in [-0.4, -0.2) is 28.4 Å². The minimum atomic E-state index is -1.74. The number of carbonyl (C=O) groups excluding carboxylic acids is 1. The summed E-state index contributed by atoms with van der Waals surface area (Å²) in [7, 11) is -1.74. The number of pyridine rings is 1. The summed E-state index contributed by atoms with van der Waals surface area (Å²) in [4.78, 5) is 13.3. The molecule has 1 aromatic rings. The molecule has 0 aromatic carbocycles. The van der Waals surface area contributed by atoms with Gasteiger partial charge in [0.2, 0.25) is 5.95 Å². The number of halogens is 1. The predicted molar refractivity (Wildman–Crippen MR) is 39.4 cm³/mol. The summed E-state index contributed by atoms with van der Waals surface area (Å²) < 4.78 is 12.5. The molecule has 4 nitrogen and oxygen atoms in total. The second-order valence-corrected chi connectivity index (χ2v) is 2.14. The summed E-state index contributed by atoms with van der Waals surface area (Å²) in [5.41, 5.74) is -0.306. The SMILES string of the molecule is O=Cc1cc(B(O)O)cnc1F. The molecule has 2 N–H and O–H groups in total. The maximum Gasteiger partial charge on any atom is 0.490 e. The van der Waals surface area contributed by atoms with Crippen LogP contribution in [0.3, 0.4) is 0 Å². The van der Waals surface area contributed by atoms with Gasteiger partial charge < -0.3 is 10.0 Å². The summed E-state index contributed by atoms with van der Waals surface area (Å²) in [5, 5.41) is 17.2. The molecule has 6 heteroatoms. The number of aromatic nitrogens is 1. The Morgan fingerprint density at radius 1 is 1.58 bits per heavy atom. The summed E-state index contributed by atoms with van der Waals surface area (Å²) >= 11 is 0. The Morgan fingerprint density at radius 2 is 2.25 bits per heavy atom. The van der Waals surface area contributed by atoms with Crippen molar-refractivity contribution in [2.75, 3.05) is 0 Å². The van der Waals surface area contributed by atoms with E-state index in [0.717, 1.165) is 12.3 Å². The van der Waals surface area contributed by atoms with Gasteiger partial charge in [-0.3, -0.25) is 4.79 Å². The highest BCUT2D eigenvalue weighted by Gasteiger charge is 2.13. The molecule has 0 saturated carbocycles. The van der Waals surface area contributed by atoms with Crippen LogP contribution in [0.5, 0.6) is 0 Å². The molecule has 0 bridgehead atoms. The van der Waals surface area contributed by atoms with Crippen LogP contribution in [0.2, 0.25) is 0 Å². The van der Waals surface area contributed by atoms with Gasteiger partial charge in [0.25, 0.3) is 0 Å². The monoisotopic (exact) mass is 169 g/mol. The van der Waals surface area contributed by atoms with E-state index in [1.165, 1.54) is 0 Å². The Kier molecular flexibility index (Phi) is 2.52. The zero-order valence-corrected chi connectivity index (χ0v) is 5.94. The number of nitrogens with zero attached hydrogens (tertiary/aromatic N) is 1. The first-order chi connectivity index (χ1) is 5.65. The predicted octanol–water partition coefficient (Wildman–Crippen LogP) is -1.29. The molecule has 0 aliphatic carbocycles. The van der Waals surface area contributed by atoms with Gasteiger partial charge in [0.15, 0.2) is 6.29 Å². The molecule has 0 unspecified atom stereocenters. The zero-order chi connectivity index (χ0) is 9.14. The van der Waals surface area contributed by atoms with Crippen molar-refractivity contribution in [2.24, 2.45) is 0 Å². The van der Waals surface area contributed by atoms with E-state index >= 15 is 0 Å². The molecule has 0 radical (unpaired) electrons. The van der Waals surface area contributed by atoms with E-state index in [2.05, 4.69) is 4.98 Å². The van der Waals surface area contributed by atoms with Crippen LogP contribution in [0.25, 0.3) is 0 Å². The van der Waals surface area contributed by atoms with Crippen LogP contribution in [0.4, 0.5) is 4.39 Å². The summed E-state index contributed by atoms with van der Waals surface area (Å²) in [5.74, 6) is -0.922. The first-order valence-corrected chi connectivity index (χ1v) is 3.12. The standard InChI is InChI=1S/C6H5BFNO3/c8-6-4(3-10)1-5(2-9-6)7(11)12/h1-3,11-12H. The Morgan fingerprint density at radius 3 is 2.75 bits per heavy atom. The summed E-state index contributed by atoms with van der Waals surface area (Å²) in [6.45, 7) is 0. The van der Waals surface area contributed by atoms with Crippen molar-refractivity contribution in [1.82, 2.24) is 4.98 Å². The van der Waals surface area contributed by atoms with Gasteiger partial charge in [-0.05, 0) is 6.07 Å². The van der Waals surface area contributed by atoms with Crippen molar-refractivity contribution in [3.63, 3.8) is 0 Å². The van der Waals surface area contributed by atoms with Crippen LogP contribution in [0, 0.1) is 5.95 Å². The number of rotatable bonds is 2. The molecule has 0 fully saturated rings. The smallest absolute Gasteiger partial charge is 0.423 e. The molecule has 0 spiro atoms. The topological polar surface area (TPSA) is 70.4 Å². The minimum Gasteiger partial charge on any atom is -0.423 e. The first kappa shape index (κ1) is 8.83. The normalized spacial score (nSPS) is 9.58. The fourth-order valence-electron chi connectivity index (χ4n) is 0.706. The summed E-state index contributed by atoms with van der Waals surface area (Å²) in [6, 6.07) is 1.03. The highest BCUT2D eigenvalue weighted by Crippen LogP contribution is 1.97. The largest absolute Gasteiger partial charge is 0.490 e. The first-order valence-electron chi connectivity index (χ1n) is 3.12. The van der Waals surface area contributed by atoms with Gasteiger partial charge in [0.05, 0.1) is 5.56 Å². The Bertz CT molecular complexity index is 305. The molecule has 0 atom stereocenters. The summed E-state index contributed by atoms with van der Waals surface area (Å²) in [6.07, 6.45) is 1.21. The molecule has 0 saturated heterocycles. The molecule has 1 rings (SSSR count). The Balaban J connectivity index is 3.13. The van der Waals surface area contributed by atoms with E-state index < -0.39 is 13.1 Å². The van der Waals surface area contributed by atoms with Gasteiger partial charge in [-0.15, -0.1) is 0 Å². The van der Waals surface area contributed by atoms with E-state index in [1.54, 1.807) is 0 Å². The van der Waals surface area contributed by atoms with Crippen molar-refractivity contribution in [1.29, 1.82) is 0 Å². The molecule has 0 aliphatic heterocycles. The van der Waals surface area contributed by atoms with Crippen LogP contribution in [0.15, 0.2) is 12.3 Å². The van der Waals surface area contributed by atoms with Crippen molar-refractivity contribution >= 4 is 18.9 Å². The molecule has 12 heavy (non-hydrogen) atoms. The lowest BCUT2D eigenvalue weighted by atomic mass is 9.81. The van der Waals surface area contributed by atoms with Gasteiger partial charge in [0, 0.05) is 11.7 Å². The lowest BCUT2D eigenvalue weighted by molar-refractivity contribution is 0.111. The third-order valence-electron chi connectivity index (χ3n) is 1.31. The second-order valence-electron chi connectivity index (χ2n) is 2.14. The number of aldehydes is 1. The van der Waals surface area contributed by atoms with Gasteiger partial charge in [-0.1, -0.05) is 0 Å². The highest BCUT2D eigenvalue weighted by molar-refractivity contribution is 6.58. The lowest BCUT2D eigenvalue weighted by Gasteiger charge is -1.98. The second kappa shape index (κ2) is 3.42. The minimum absolute atomic E-state index is 0.0153. The van der Waals surface area contributed by atoms with Gasteiger partial charge in [0.1, 0.15) is 0 Å². The van der Waals surface area contributed by atoms with Crippen LogP contribution in [-0.2, 0) is 0 Å². The molecule has 62 valence electrons. The maximum atomic E-state index is 12.5. The fraction of sp³-hybridized carbons (Fsp3) is 0. The van der Waals surface area contributed by atoms with Crippen molar-refractivity contribution in [3.8, 4) is 0 Å². The third-order valence-corrected chi connectivity index (χ3v) is 1.31. The van der Waals surface area contributed by atoms with E-state index in [4.69, 9.17) is 10.0 Å². The van der Waals surface area contributed by atoms with Crippen molar-refractivity contribution in [2.45, 2.75) is 0 Å². The average molecular weight is 169 g/mol. The molecule has 0 amide bonds. The lowest BCUT2D eigenvalue weighted by Crippen LogP contribution is -2.30. The Hall–Kier alpha value is -1.27. The van der Waals surface area contributed by atoms with Gasteiger partial charge >= 0.3 is 7.12 Å². The molecule has 1 aromatic heterocycles. The maximum absolute atomic E-state index is 12.5. The van der Waals surface area contributed by atoms with Crippen molar-refractivity contribution < 1.29 is 19.2 Å². The highest BCUT2D eigenvalue weighted by atomic mass is 19.1. The average Bonchev–Trinajstić information content (AvgIpc) is 2.05. The van der Waals surface area contributed by atoms with E-state index in [9.17, 15) is 9.18 Å². The molecular formula is C6H5BFNO3. The van der Waals surface area contributed by atoms with E-state index in [0.29, 0.717) is 0 Å². The van der Waals surface area contributed by atoms with E-state index in [-0.39, 0.29) is 17.3 Å². The van der Waals surface area contributed by atoms with Crippen molar-refractivity contribution in [3.05, 3.63) is 23.8 Å². The van der Waals surface area contributed by atoms with E-state index in [1.807, 2.05) is 0 Å². The Labute approximate surface area is 67.8 Å². The van der Waals surface area contributed by atoms with Crippen LogP contribution in [0.1, 0.15) is 10.4 Å². The molecular weight excluding hydrogens is 164 g/mol. The van der Waals surface area contributed by atoms with Gasteiger partial charge in [-0.2, -0.15) is 4.39 Å². The third kappa shape index (κ3) is 1.66. The molecule has 1 heterocycles. The van der Waals surface area contributed by atoms with Crippen LogP contribution >= 0.6 is 0 Å². The number of hydrogen-bond donors (Lipinski definition) is 2. The molecule has 0 aliphatic rings. The quantitative estimate of drug-likeness (QED) is 0.328. The van der Waals surface area contributed by atoms with Crippen LogP contribution < -0.4 is 5.46 Å².